The number of allylic oxidation sites excluding steroid dienone is 3. The lowest BCUT2D eigenvalue weighted by atomic mass is 9.52. The number of ketones is 1. The number of hydrogen-bond acceptors (Lipinski definition) is 2. The van der Waals surface area contributed by atoms with Gasteiger partial charge in [-0.1, -0.05) is 39.0 Å². The van der Waals surface area contributed by atoms with Crippen molar-refractivity contribution >= 4 is 5.78 Å². The zero-order valence-electron chi connectivity index (χ0n) is 10.8. The standard InChI is InChI=1S/C15H19NO/c1-10-5-6-12-14(2,3)13(17)11(9-16)8-15(12,4)7-10/h8,12H,1,5-7H2,2-4H3/t12?,15-/m1/s1. The quantitative estimate of drug-likeness (QED) is 0.597. The van der Waals surface area contributed by atoms with E-state index in [0.29, 0.717) is 11.5 Å². The van der Waals surface area contributed by atoms with Gasteiger partial charge in [-0.25, -0.2) is 0 Å². The van der Waals surface area contributed by atoms with Crippen molar-refractivity contribution in [3.05, 3.63) is 23.8 Å². The molecule has 2 nitrogen and oxygen atoms in total. The molecule has 0 radical (unpaired) electrons. The van der Waals surface area contributed by atoms with Gasteiger partial charge in [-0.3, -0.25) is 4.79 Å². The lowest BCUT2D eigenvalue weighted by molar-refractivity contribution is -0.130. The SMILES string of the molecule is C=C1CCC2C(C)(C)C(=O)C(C#N)=C[C@@]2(C)C1. The number of rotatable bonds is 0. The van der Waals surface area contributed by atoms with E-state index >= 15 is 0 Å². The number of nitriles is 1. The third kappa shape index (κ3) is 1.65. The Morgan fingerprint density at radius 1 is 1.47 bits per heavy atom. The highest BCUT2D eigenvalue weighted by Crippen LogP contribution is 2.55. The molecule has 1 unspecified atom stereocenters. The average Bonchev–Trinajstić information content (AvgIpc) is 2.23. The van der Waals surface area contributed by atoms with E-state index in [-0.39, 0.29) is 11.2 Å². The van der Waals surface area contributed by atoms with Gasteiger partial charge in [0.05, 0.1) is 5.57 Å². The normalized spacial score (nSPS) is 35.9. The largest absolute Gasteiger partial charge is 0.293 e. The summed E-state index contributed by atoms with van der Waals surface area (Å²) < 4.78 is 0. The van der Waals surface area contributed by atoms with E-state index in [1.165, 1.54) is 5.57 Å². The van der Waals surface area contributed by atoms with Crippen LogP contribution in [0, 0.1) is 28.1 Å². The van der Waals surface area contributed by atoms with Crippen molar-refractivity contribution in [2.24, 2.45) is 16.7 Å². The van der Waals surface area contributed by atoms with Crippen molar-refractivity contribution in [2.45, 2.75) is 40.0 Å². The number of nitrogens with zero attached hydrogens (tertiary/aromatic N) is 1. The maximum absolute atomic E-state index is 12.2. The van der Waals surface area contributed by atoms with Gasteiger partial charge >= 0.3 is 0 Å². The van der Waals surface area contributed by atoms with E-state index in [1.54, 1.807) is 0 Å². The van der Waals surface area contributed by atoms with Gasteiger partial charge in [0.2, 0.25) is 0 Å². The van der Waals surface area contributed by atoms with Crippen molar-refractivity contribution < 1.29 is 4.79 Å². The topological polar surface area (TPSA) is 40.9 Å². The molecule has 2 atom stereocenters. The maximum Gasteiger partial charge on any atom is 0.178 e. The highest BCUT2D eigenvalue weighted by atomic mass is 16.1. The first-order chi connectivity index (χ1) is 7.81. The van der Waals surface area contributed by atoms with E-state index in [1.807, 2.05) is 19.9 Å². The average molecular weight is 229 g/mol. The zero-order valence-corrected chi connectivity index (χ0v) is 10.8. The molecule has 0 aromatic heterocycles. The van der Waals surface area contributed by atoms with Crippen molar-refractivity contribution in [3.8, 4) is 6.07 Å². The fourth-order valence-corrected chi connectivity index (χ4v) is 3.75. The van der Waals surface area contributed by atoms with Crippen LogP contribution in [-0.4, -0.2) is 5.78 Å². The summed E-state index contributed by atoms with van der Waals surface area (Å²) in [6, 6.07) is 2.06. The molecule has 0 aromatic rings. The van der Waals surface area contributed by atoms with Gasteiger partial charge in [-0.15, -0.1) is 0 Å². The first-order valence-electron chi connectivity index (χ1n) is 6.15. The molecule has 1 saturated carbocycles. The van der Waals surface area contributed by atoms with E-state index in [2.05, 4.69) is 19.6 Å². The predicted molar refractivity (Wildman–Crippen MR) is 67.1 cm³/mol. The van der Waals surface area contributed by atoms with Crippen LogP contribution in [0.15, 0.2) is 23.8 Å². The second kappa shape index (κ2) is 3.57. The molecule has 90 valence electrons. The molecule has 0 amide bonds. The summed E-state index contributed by atoms with van der Waals surface area (Å²) in [7, 11) is 0. The van der Waals surface area contributed by atoms with E-state index in [4.69, 9.17) is 5.26 Å². The molecule has 2 heteroatoms. The van der Waals surface area contributed by atoms with Gasteiger partial charge in [0.15, 0.2) is 5.78 Å². The molecule has 0 spiro atoms. The van der Waals surface area contributed by atoms with Gasteiger partial charge < -0.3 is 0 Å². The second-order valence-electron chi connectivity index (χ2n) is 6.24. The fraction of sp³-hybridized carbons (Fsp3) is 0.600. The molecule has 0 bridgehead atoms. The molecular weight excluding hydrogens is 210 g/mol. The summed E-state index contributed by atoms with van der Waals surface area (Å²) in [5.41, 5.74) is 1.08. The molecular formula is C15H19NO. The Balaban J connectivity index is 2.55. The Bertz CT molecular complexity index is 464. The Morgan fingerprint density at radius 2 is 2.12 bits per heavy atom. The molecule has 0 saturated heterocycles. The smallest absolute Gasteiger partial charge is 0.178 e. The lowest BCUT2D eigenvalue weighted by Gasteiger charge is -2.50. The maximum atomic E-state index is 12.2. The van der Waals surface area contributed by atoms with Crippen LogP contribution in [-0.2, 0) is 4.79 Å². The van der Waals surface area contributed by atoms with Crippen molar-refractivity contribution in [1.82, 2.24) is 0 Å². The van der Waals surface area contributed by atoms with Gasteiger partial charge in [0, 0.05) is 5.41 Å². The first-order valence-corrected chi connectivity index (χ1v) is 6.15. The number of carbonyl (C=O) groups is 1. The van der Waals surface area contributed by atoms with Crippen LogP contribution in [0.4, 0.5) is 0 Å². The van der Waals surface area contributed by atoms with Crippen LogP contribution >= 0.6 is 0 Å². The minimum atomic E-state index is -0.421. The molecule has 2 aliphatic carbocycles. The molecule has 2 rings (SSSR count). The van der Waals surface area contributed by atoms with Crippen LogP contribution in [0.25, 0.3) is 0 Å². The van der Waals surface area contributed by atoms with Crippen LogP contribution in [0.2, 0.25) is 0 Å². The van der Waals surface area contributed by atoms with Crippen molar-refractivity contribution in [2.75, 3.05) is 0 Å². The van der Waals surface area contributed by atoms with Gasteiger partial charge in [0.1, 0.15) is 6.07 Å². The Labute approximate surface area is 103 Å². The monoisotopic (exact) mass is 229 g/mol. The Morgan fingerprint density at radius 3 is 2.71 bits per heavy atom. The Hall–Kier alpha value is -1.36. The molecule has 0 heterocycles. The highest BCUT2D eigenvalue weighted by Gasteiger charge is 2.52. The predicted octanol–water partition coefficient (Wildman–Crippen LogP) is 3.41. The van der Waals surface area contributed by atoms with Crippen LogP contribution in [0.5, 0.6) is 0 Å². The number of fused-ring (bicyclic) bond motifs is 1. The number of carbonyl (C=O) groups excluding carboxylic acids is 1. The summed E-state index contributed by atoms with van der Waals surface area (Å²) in [4.78, 5) is 12.2. The minimum absolute atomic E-state index is 0.00925. The van der Waals surface area contributed by atoms with E-state index < -0.39 is 5.41 Å². The second-order valence-corrected chi connectivity index (χ2v) is 6.24. The van der Waals surface area contributed by atoms with Crippen molar-refractivity contribution in [1.29, 1.82) is 5.26 Å². The third-order valence-electron chi connectivity index (χ3n) is 4.51. The zero-order chi connectivity index (χ0) is 12.8. The van der Waals surface area contributed by atoms with Crippen molar-refractivity contribution in [3.63, 3.8) is 0 Å². The summed E-state index contributed by atoms with van der Waals surface area (Å²) in [5.74, 6) is 0.333. The number of Topliss-reactive ketones (excluding diaryl/α,β-unsaturated/α-hetero) is 1. The lowest BCUT2D eigenvalue weighted by Crippen LogP contribution is -2.48. The van der Waals surface area contributed by atoms with E-state index in [9.17, 15) is 4.79 Å². The fourth-order valence-electron chi connectivity index (χ4n) is 3.75. The van der Waals surface area contributed by atoms with Gasteiger partial charge in [0.25, 0.3) is 0 Å². The summed E-state index contributed by atoms with van der Waals surface area (Å²) >= 11 is 0. The van der Waals surface area contributed by atoms with E-state index in [0.717, 1.165) is 19.3 Å². The molecule has 1 fully saturated rings. The molecule has 0 aromatic carbocycles. The third-order valence-corrected chi connectivity index (χ3v) is 4.51. The van der Waals surface area contributed by atoms with Crippen LogP contribution in [0.1, 0.15) is 40.0 Å². The van der Waals surface area contributed by atoms with Crippen LogP contribution in [0.3, 0.4) is 0 Å². The molecule has 17 heavy (non-hydrogen) atoms. The van der Waals surface area contributed by atoms with Gasteiger partial charge in [-0.05, 0) is 30.6 Å². The number of hydrogen-bond donors (Lipinski definition) is 0. The summed E-state index contributed by atoms with van der Waals surface area (Å²) in [5, 5.41) is 9.10. The highest BCUT2D eigenvalue weighted by molar-refractivity contribution is 6.04. The molecule has 0 N–H and O–H groups in total. The Kier molecular flexibility index (Phi) is 2.54. The first kappa shape index (κ1) is 12.1. The molecule has 0 aliphatic heterocycles. The summed E-state index contributed by atoms with van der Waals surface area (Å²) in [6.45, 7) is 10.2. The van der Waals surface area contributed by atoms with Crippen LogP contribution < -0.4 is 0 Å². The summed E-state index contributed by atoms with van der Waals surface area (Å²) in [6.07, 6.45) is 4.81. The molecule has 2 aliphatic rings. The van der Waals surface area contributed by atoms with Gasteiger partial charge in [-0.2, -0.15) is 5.26 Å². The minimum Gasteiger partial charge on any atom is -0.293 e.